The molecule has 12 heteroatoms. The molecule has 1 heterocycles. The maximum absolute atomic E-state index is 14.7. The number of amides is 2. The Bertz CT molecular complexity index is 1300. The van der Waals surface area contributed by atoms with E-state index in [2.05, 4.69) is 20.6 Å². The number of carbonyl (C=O) groups excluding carboxylic acids is 2. The number of hydrogen-bond donors (Lipinski definition) is 2. The first-order valence-electron chi connectivity index (χ1n) is 11.0. The van der Waals surface area contributed by atoms with E-state index in [4.69, 9.17) is 21.7 Å². The van der Waals surface area contributed by atoms with Gasteiger partial charge in [-0.2, -0.15) is 0 Å². The van der Waals surface area contributed by atoms with E-state index in [1.807, 2.05) is 0 Å². The van der Waals surface area contributed by atoms with Crippen molar-refractivity contribution in [3.8, 4) is 11.6 Å². The Kier molecular flexibility index (Phi) is 8.66. The minimum Gasteiger partial charge on any atom is -0.443 e. The van der Waals surface area contributed by atoms with Crippen molar-refractivity contribution in [2.45, 2.75) is 32.8 Å². The van der Waals surface area contributed by atoms with E-state index >= 15 is 0 Å². The summed E-state index contributed by atoms with van der Waals surface area (Å²) in [5.74, 6) is -1.49. The van der Waals surface area contributed by atoms with Crippen molar-refractivity contribution in [2.75, 3.05) is 17.3 Å². The van der Waals surface area contributed by atoms with E-state index < -0.39 is 29.2 Å². The third-order valence-electron chi connectivity index (χ3n) is 4.57. The average molecular weight is 530 g/mol. The summed E-state index contributed by atoms with van der Waals surface area (Å²) in [6, 6.07) is 10.8. The predicted molar refractivity (Wildman–Crippen MR) is 138 cm³/mol. The van der Waals surface area contributed by atoms with E-state index in [0.717, 1.165) is 6.07 Å². The minimum absolute atomic E-state index is 0.00333. The molecule has 0 saturated heterocycles. The molecular weight excluding hydrogens is 504 g/mol. The molecule has 3 aromatic rings. The maximum atomic E-state index is 14.7. The molecule has 1 aromatic heterocycles. The van der Waals surface area contributed by atoms with Gasteiger partial charge in [-0.15, -0.1) is 0 Å². The van der Waals surface area contributed by atoms with Gasteiger partial charge in [0.05, 0.1) is 6.42 Å². The van der Waals surface area contributed by atoms with Crippen LogP contribution < -0.4 is 20.3 Å². The molecule has 3 rings (SSSR count). The minimum atomic E-state index is -0.730. The number of aromatic nitrogens is 2. The number of benzene rings is 2. The summed E-state index contributed by atoms with van der Waals surface area (Å²) >= 11 is 5.11. The molecule has 0 aliphatic heterocycles. The molecule has 9 nitrogen and oxygen atoms in total. The summed E-state index contributed by atoms with van der Waals surface area (Å²) in [7, 11) is 1.47. The lowest BCUT2D eigenvalue weighted by atomic mass is 10.1. The molecule has 0 aliphatic carbocycles. The third-order valence-corrected chi connectivity index (χ3v) is 4.78. The summed E-state index contributed by atoms with van der Waals surface area (Å²) in [6.45, 7) is 5.22. The molecule has 0 fully saturated rings. The topological polar surface area (TPSA) is 106 Å². The molecule has 0 bridgehead atoms. The predicted octanol–water partition coefficient (Wildman–Crippen LogP) is 4.97. The zero-order valence-corrected chi connectivity index (χ0v) is 21.4. The summed E-state index contributed by atoms with van der Waals surface area (Å²) in [4.78, 5) is 33.5. The standard InChI is InChI=1S/C25H25F2N5O4S/c1-25(2,3)36-24(34)32(4)20-13-22(29-14-28-20)35-19-10-9-17(12-18(19)27)30-23(37)31-21(33)11-15-5-7-16(26)8-6-15/h5-10,12-14H,11H2,1-4H3,(H2,30,31,33,37). The van der Waals surface area contributed by atoms with Gasteiger partial charge >= 0.3 is 6.09 Å². The highest BCUT2D eigenvalue weighted by atomic mass is 32.1. The average Bonchev–Trinajstić information content (AvgIpc) is 2.81. The van der Waals surface area contributed by atoms with Gasteiger partial charge in [-0.1, -0.05) is 12.1 Å². The first kappa shape index (κ1) is 27.4. The van der Waals surface area contributed by atoms with E-state index in [-0.39, 0.29) is 34.7 Å². The van der Waals surface area contributed by atoms with Crippen molar-refractivity contribution in [2.24, 2.45) is 0 Å². The molecule has 2 N–H and O–H groups in total. The molecule has 0 unspecified atom stereocenters. The quantitative estimate of drug-likeness (QED) is 0.431. The van der Waals surface area contributed by atoms with Gasteiger partial charge in [0.25, 0.3) is 0 Å². The number of thiocarbonyl (C=S) groups is 1. The van der Waals surface area contributed by atoms with Crippen LogP contribution in [-0.4, -0.2) is 39.7 Å². The summed E-state index contributed by atoms with van der Waals surface area (Å²) in [5, 5.41) is 5.16. The van der Waals surface area contributed by atoms with Crippen molar-refractivity contribution >= 4 is 40.8 Å². The Morgan fingerprint density at radius 1 is 1.05 bits per heavy atom. The van der Waals surface area contributed by atoms with E-state index in [9.17, 15) is 18.4 Å². The molecule has 0 spiro atoms. The van der Waals surface area contributed by atoms with Crippen molar-refractivity contribution in [1.29, 1.82) is 0 Å². The molecule has 0 radical (unpaired) electrons. The van der Waals surface area contributed by atoms with Crippen LogP contribution in [0.2, 0.25) is 0 Å². The van der Waals surface area contributed by atoms with Crippen LogP contribution in [0, 0.1) is 11.6 Å². The monoisotopic (exact) mass is 529 g/mol. The molecule has 2 aromatic carbocycles. The molecular formula is C25H25F2N5O4S. The zero-order chi connectivity index (χ0) is 27.2. The van der Waals surface area contributed by atoms with Crippen molar-refractivity contribution < 1.29 is 27.8 Å². The van der Waals surface area contributed by atoms with Crippen LogP contribution in [0.3, 0.4) is 0 Å². The van der Waals surface area contributed by atoms with Gasteiger partial charge in [0.1, 0.15) is 23.6 Å². The number of nitrogens with one attached hydrogen (secondary N) is 2. The van der Waals surface area contributed by atoms with Gasteiger partial charge in [-0.25, -0.2) is 23.5 Å². The third kappa shape index (κ3) is 8.46. The van der Waals surface area contributed by atoms with Gasteiger partial charge in [0.2, 0.25) is 11.8 Å². The Morgan fingerprint density at radius 2 is 1.76 bits per heavy atom. The lowest BCUT2D eigenvalue weighted by molar-refractivity contribution is -0.119. The van der Waals surface area contributed by atoms with Gasteiger partial charge in [-0.3, -0.25) is 9.69 Å². The second-order valence-electron chi connectivity index (χ2n) is 8.81. The molecule has 2 amide bonds. The van der Waals surface area contributed by atoms with Gasteiger partial charge in [0.15, 0.2) is 16.7 Å². The van der Waals surface area contributed by atoms with Crippen LogP contribution in [0.1, 0.15) is 26.3 Å². The van der Waals surface area contributed by atoms with Crippen LogP contribution in [0.15, 0.2) is 54.9 Å². The second kappa shape index (κ2) is 11.7. The first-order chi connectivity index (χ1) is 17.4. The maximum Gasteiger partial charge on any atom is 0.415 e. The fourth-order valence-electron chi connectivity index (χ4n) is 2.89. The highest BCUT2D eigenvalue weighted by Crippen LogP contribution is 2.27. The molecule has 0 aliphatic rings. The lowest BCUT2D eigenvalue weighted by Crippen LogP contribution is -2.35. The Hall–Kier alpha value is -4.19. The largest absolute Gasteiger partial charge is 0.443 e. The van der Waals surface area contributed by atoms with E-state index in [1.165, 1.54) is 60.7 Å². The second-order valence-corrected chi connectivity index (χ2v) is 9.21. The zero-order valence-electron chi connectivity index (χ0n) is 20.5. The Balaban J connectivity index is 1.59. The van der Waals surface area contributed by atoms with Crippen LogP contribution in [0.4, 0.5) is 25.1 Å². The molecule has 0 saturated carbocycles. The number of hydrogen-bond acceptors (Lipinski definition) is 7. The number of anilines is 2. The lowest BCUT2D eigenvalue weighted by Gasteiger charge is -2.24. The Labute approximate surface area is 217 Å². The van der Waals surface area contributed by atoms with Crippen LogP contribution in [0.25, 0.3) is 0 Å². The smallest absolute Gasteiger partial charge is 0.415 e. The van der Waals surface area contributed by atoms with Crippen LogP contribution in [-0.2, 0) is 16.0 Å². The number of carbonyl (C=O) groups is 2. The number of rotatable bonds is 6. The van der Waals surface area contributed by atoms with Crippen molar-refractivity contribution in [1.82, 2.24) is 15.3 Å². The highest BCUT2D eigenvalue weighted by Gasteiger charge is 2.22. The summed E-state index contributed by atoms with van der Waals surface area (Å²) in [6.07, 6.45) is 0.541. The molecule has 0 atom stereocenters. The fourth-order valence-corrected chi connectivity index (χ4v) is 3.12. The highest BCUT2D eigenvalue weighted by molar-refractivity contribution is 7.80. The number of halogens is 2. The fraction of sp³-hybridized carbons (Fsp3) is 0.240. The van der Waals surface area contributed by atoms with Crippen LogP contribution in [0.5, 0.6) is 11.6 Å². The molecule has 194 valence electrons. The Morgan fingerprint density at radius 3 is 2.41 bits per heavy atom. The summed E-state index contributed by atoms with van der Waals surface area (Å²) in [5.41, 5.74) is 0.189. The normalized spacial score (nSPS) is 10.9. The SMILES string of the molecule is CN(C(=O)OC(C)(C)C)c1cc(Oc2ccc(NC(=S)NC(=O)Cc3ccc(F)cc3)cc2F)ncn1. The number of nitrogens with zero attached hydrogens (tertiary/aromatic N) is 3. The van der Waals surface area contributed by atoms with Gasteiger partial charge < -0.3 is 20.1 Å². The number of ether oxygens (including phenoxy) is 2. The van der Waals surface area contributed by atoms with Gasteiger partial charge in [0, 0.05) is 24.9 Å². The van der Waals surface area contributed by atoms with E-state index in [0.29, 0.717) is 5.56 Å². The van der Waals surface area contributed by atoms with Gasteiger partial charge in [-0.05, 0) is 62.8 Å². The van der Waals surface area contributed by atoms with E-state index in [1.54, 1.807) is 20.8 Å². The summed E-state index contributed by atoms with van der Waals surface area (Å²) < 4.78 is 38.5. The van der Waals surface area contributed by atoms with Crippen molar-refractivity contribution in [3.63, 3.8) is 0 Å². The van der Waals surface area contributed by atoms with Crippen molar-refractivity contribution in [3.05, 3.63) is 72.1 Å². The van der Waals surface area contributed by atoms with Crippen LogP contribution >= 0.6 is 12.2 Å². The molecule has 37 heavy (non-hydrogen) atoms. The first-order valence-corrected chi connectivity index (χ1v) is 11.4.